The highest BCUT2D eigenvalue weighted by atomic mass is 16.2. The average molecular weight is 452 g/mol. The second-order valence-electron chi connectivity index (χ2n) is 8.56. The van der Waals surface area contributed by atoms with Crippen LogP contribution in [0.15, 0.2) is 42.5 Å². The van der Waals surface area contributed by atoms with E-state index in [0.29, 0.717) is 17.9 Å². The van der Waals surface area contributed by atoms with Crippen LogP contribution >= 0.6 is 0 Å². The van der Waals surface area contributed by atoms with Crippen LogP contribution in [0, 0.1) is 19.4 Å². The minimum Gasteiger partial charge on any atom is -0.349 e. The molecule has 0 saturated carbocycles. The van der Waals surface area contributed by atoms with E-state index in [1.807, 2.05) is 39.0 Å². The Morgan fingerprint density at radius 2 is 1.76 bits per heavy atom. The maximum atomic E-state index is 12.8. The van der Waals surface area contributed by atoms with Crippen LogP contribution in [0.5, 0.6) is 0 Å². The molecule has 0 saturated heterocycles. The Kier molecular flexibility index (Phi) is 10.5. The number of nitrogens with zero attached hydrogens (tertiary/aromatic N) is 1. The predicted molar refractivity (Wildman–Crippen MR) is 130 cm³/mol. The molecule has 0 aliphatic rings. The summed E-state index contributed by atoms with van der Waals surface area (Å²) >= 11 is 0. The number of amides is 3. The third-order valence-electron chi connectivity index (χ3n) is 5.06. The smallest absolute Gasteiger partial charge is 0.270 e. The first-order valence-electron chi connectivity index (χ1n) is 11.5. The second kappa shape index (κ2) is 13.4. The summed E-state index contributed by atoms with van der Waals surface area (Å²) in [6, 6.07) is 11.5. The largest absolute Gasteiger partial charge is 0.349 e. The monoisotopic (exact) mass is 451 g/mol. The van der Waals surface area contributed by atoms with Gasteiger partial charge in [0.25, 0.3) is 11.8 Å². The molecule has 7 nitrogen and oxygen atoms in total. The molecule has 7 heteroatoms. The molecule has 0 aliphatic heterocycles. The number of aryl methyl sites for hydroxylation is 2. The van der Waals surface area contributed by atoms with Gasteiger partial charge < -0.3 is 16.0 Å². The molecule has 33 heavy (non-hydrogen) atoms. The van der Waals surface area contributed by atoms with E-state index >= 15 is 0 Å². The summed E-state index contributed by atoms with van der Waals surface area (Å²) in [6.45, 7) is 9.76. The van der Waals surface area contributed by atoms with E-state index in [-0.39, 0.29) is 18.1 Å². The van der Waals surface area contributed by atoms with Gasteiger partial charge in [-0.15, -0.1) is 0 Å². The molecule has 3 amide bonds. The summed E-state index contributed by atoms with van der Waals surface area (Å²) in [4.78, 5) is 42.5. The van der Waals surface area contributed by atoms with Crippen molar-refractivity contribution >= 4 is 17.7 Å². The van der Waals surface area contributed by atoms with E-state index in [2.05, 4.69) is 27.9 Å². The molecule has 0 spiro atoms. The van der Waals surface area contributed by atoms with Gasteiger partial charge in [0.15, 0.2) is 0 Å². The quantitative estimate of drug-likeness (QED) is 0.459. The van der Waals surface area contributed by atoms with Gasteiger partial charge in [-0.2, -0.15) is 0 Å². The number of nitrogens with one attached hydrogen (secondary N) is 3. The van der Waals surface area contributed by atoms with E-state index in [0.717, 1.165) is 30.5 Å². The van der Waals surface area contributed by atoms with Crippen molar-refractivity contribution in [2.75, 3.05) is 6.54 Å². The molecule has 0 unspecified atom stereocenters. The van der Waals surface area contributed by atoms with Crippen molar-refractivity contribution in [2.24, 2.45) is 5.92 Å². The summed E-state index contributed by atoms with van der Waals surface area (Å²) in [6.07, 6.45) is 3.51. The lowest BCUT2D eigenvalue weighted by Gasteiger charge is -2.19. The highest BCUT2D eigenvalue weighted by Gasteiger charge is 2.23. The molecular weight excluding hydrogens is 416 g/mol. The van der Waals surface area contributed by atoms with Crippen molar-refractivity contribution in [3.63, 3.8) is 0 Å². The molecule has 2 rings (SSSR count). The van der Waals surface area contributed by atoms with Gasteiger partial charge >= 0.3 is 0 Å². The summed E-state index contributed by atoms with van der Waals surface area (Å²) in [5.41, 5.74) is 2.62. The van der Waals surface area contributed by atoms with Crippen LogP contribution in [-0.4, -0.2) is 35.3 Å². The number of hydrogen-bond acceptors (Lipinski definition) is 4. The van der Waals surface area contributed by atoms with Gasteiger partial charge in [0.1, 0.15) is 11.7 Å². The minimum atomic E-state index is -0.948. The lowest BCUT2D eigenvalue weighted by Crippen LogP contribution is -2.52. The number of unbranched alkanes of at least 4 members (excludes halogenated alkanes) is 1. The number of aromatic nitrogens is 1. The van der Waals surface area contributed by atoms with Crippen molar-refractivity contribution in [1.82, 2.24) is 20.9 Å². The lowest BCUT2D eigenvalue weighted by atomic mass is 10.1. The maximum Gasteiger partial charge on any atom is 0.270 e. The summed E-state index contributed by atoms with van der Waals surface area (Å²) < 4.78 is 0. The van der Waals surface area contributed by atoms with Crippen LogP contribution in [0.2, 0.25) is 0 Å². The maximum absolute atomic E-state index is 12.8. The number of rotatable bonds is 12. The summed E-state index contributed by atoms with van der Waals surface area (Å²) in [5.74, 6) is -0.778. The topological polar surface area (TPSA) is 100 Å². The van der Waals surface area contributed by atoms with Crippen LogP contribution < -0.4 is 16.0 Å². The van der Waals surface area contributed by atoms with Crippen molar-refractivity contribution < 1.29 is 14.4 Å². The molecule has 0 aliphatic carbocycles. The van der Waals surface area contributed by atoms with Crippen molar-refractivity contribution in [2.45, 2.75) is 59.4 Å². The molecule has 1 radical (unpaired) electrons. The molecule has 3 N–H and O–H groups in total. The molecule has 1 aromatic carbocycles. The third-order valence-corrected chi connectivity index (χ3v) is 5.06. The number of carbonyl (C=O) groups is 3. The normalized spacial score (nSPS) is 11.7. The zero-order chi connectivity index (χ0) is 24.2. The number of hydrogen-bond donors (Lipinski definition) is 3. The molecular formula is C26H35N4O3. The number of pyridine rings is 1. The van der Waals surface area contributed by atoms with E-state index in [1.54, 1.807) is 30.8 Å². The van der Waals surface area contributed by atoms with E-state index in [4.69, 9.17) is 0 Å². The molecule has 0 bridgehead atoms. The van der Waals surface area contributed by atoms with Crippen LogP contribution in [0.4, 0.5) is 0 Å². The Balaban J connectivity index is 2.07. The van der Waals surface area contributed by atoms with Crippen molar-refractivity contribution in [3.05, 3.63) is 71.5 Å². The predicted octanol–water partition coefficient (Wildman–Crippen LogP) is 3.59. The van der Waals surface area contributed by atoms with Crippen molar-refractivity contribution in [1.29, 1.82) is 0 Å². The average Bonchev–Trinajstić information content (AvgIpc) is 2.80. The molecule has 0 fully saturated rings. The van der Waals surface area contributed by atoms with Crippen molar-refractivity contribution in [3.8, 4) is 0 Å². The molecule has 1 heterocycles. The standard InChI is InChI=1S/C26H35N4O3/c1-5-6-8-21-9-7-10-22(29-21)26(33)30-23(25(32)27-16-15-18(2)3)17-28-24(31)20-13-11-19(4)12-14-20/h7,9-14,16,18,23H,5-6,8,15,17H2,1-4H3,(H,27,32)(H,28,31)(H,30,33)/t23-/m0/s1. The molecule has 2 aromatic rings. The fraction of sp³-hybridized carbons (Fsp3) is 0.423. The summed E-state index contributed by atoms with van der Waals surface area (Å²) in [5, 5.41) is 8.20. The Labute approximate surface area is 196 Å². The Morgan fingerprint density at radius 1 is 1.03 bits per heavy atom. The SMILES string of the molecule is CCCCc1cccc(C(=O)N[C@@H](CNC(=O)c2ccc(C)cc2)C(=O)N[CH]CC(C)C)n1. The fourth-order valence-corrected chi connectivity index (χ4v) is 3.04. The third kappa shape index (κ3) is 9.04. The van der Waals surface area contributed by atoms with Crippen LogP contribution in [0.3, 0.4) is 0 Å². The Morgan fingerprint density at radius 3 is 2.42 bits per heavy atom. The molecule has 1 aromatic heterocycles. The number of benzene rings is 1. The highest BCUT2D eigenvalue weighted by Crippen LogP contribution is 2.06. The van der Waals surface area contributed by atoms with Crippen LogP contribution in [-0.2, 0) is 11.2 Å². The Hall–Kier alpha value is -3.22. The second-order valence-corrected chi connectivity index (χ2v) is 8.56. The van der Waals surface area contributed by atoms with Gasteiger partial charge in [-0.3, -0.25) is 14.4 Å². The minimum absolute atomic E-state index is 0.0463. The lowest BCUT2D eigenvalue weighted by molar-refractivity contribution is -0.122. The molecule has 177 valence electrons. The first-order chi connectivity index (χ1) is 15.8. The van der Waals surface area contributed by atoms with Gasteiger partial charge in [0.2, 0.25) is 5.91 Å². The Bertz CT molecular complexity index is 925. The van der Waals surface area contributed by atoms with E-state index < -0.39 is 17.9 Å². The highest BCUT2D eigenvalue weighted by molar-refractivity contribution is 5.97. The van der Waals surface area contributed by atoms with Gasteiger partial charge in [-0.05, 0) is 56.4 Å². The number of carbonyl (C=O) groups excluding carboxylic acids is 3. The van der Waals surface area contributed by atoms with Gasteiger partial charge in [0.05, 0.1) is 0 Å². The van der Waals surface area contributed by atoms with Gasteiger partial charge in [0, 0.05) is 24.3 Å². The first kappa shape index (κ1) is 26.0. The zero-order valence-corrected chi connectivity index (χ0v) is 20.0. The molecule has 1 atom stereocenters. The van der Waals surface area contributed by atoms with Gasteiger partial charge in [-0.25, -0.2) is 4.98 Å². The first-order valence-corrected chi connectivity index (χ1v) is 11.5. The zero-order valence-electron chi connectivity index (χ0n) is 20.0. The van der Waals surface area contributed by atoms with E-state index in [9.17, 15) is 14.4 Å². The van der Waals surface area contributed by atoms with Crippen LogP contribution in [0.1, 0.15) is 72.1 Å². The van der Waals surface area contributed by atoms with E-state index in [1.165, 1.54) is 0 Å². The fourth-order valence-electron chi connectivity index (χ4n) is 3.04. The van der Waals surface area contributed by atoms with Crippen LogP contribution in [0.25, 0.3) is 0 Å². The van der Waals surface area contributed by atoms with Gasteiger partial charge in [-0.1, -0.05) is 51.0 Å². The summed E-state index contributed by atoms with van der Waals surface area (Å²) in [7, 11) is 0.